The molecule has 2 aromatic rings. The smallest absolute Gasteiger partial charge is 0.255 e. The minimum Gasteiger partial charge on any atom is -0.493 e. The first-order valence-electron chi connectivity index (χ1n) is 12.6. The minimum atomic E-state index is -3.74. The first-order valence-corrected chi connectivity index (χ1v) is 14.1. The van der Waals surface area contributed by atoms with Gasteiger partial charge in [-0.2, -0.15) is 0 Å². The number of ether oxygens (including phenoxy) is 2. The summed E-state index contributed by atoms with van der Waals surface area (Å²) in [6.45, 7) is 5.34. The highest BCUT2D eigenvalue weighted by Gasteiger charge is 2.25. The molecule has 0 heterocycles. The van der Waals surface area contributed by atoms with Crippen molar-refractivity contribution in [2.45, 2.75) is 50.2 Å². The van der Waals surface area contributed by atoms with Gasteiger partial charge in [-0.25, -0.2) is 13.1 Å². The number of carbonyl (C=O) groups excluding carboxylic acids is 1. The normalized spacial score (nSPS) is 13.8. The lowest BCUT2D eigenvalue weighted by molar-refractivity contribution is 0.0928. The summed E-state index contributed by atoms with van der Waals surface area (Å²) in [4.78, 5) is 13.0. The van der Waals surface area contributed by atoms with Gasteiger partial charge in [-0.05, 0) is 55.4 Å². The summed E-state index contributed by atoms with van der Waals surface area (Å²) in [5.74, 6) is 0.424. The number of hydrogen-bond donors (Lipinski definition) is 4. The average molecular weight is 572 g/mol. The number of unbranched alkanes of at least 4 members (excludes halogenated alkanes) is 1. The number of nitrogens with one attached hydrogen (secondary N) is 2. The Morgan fingerprint density at radius 3 is 2.29 bits per heavy atom. The fourth-order valence-electron chi connectivity index (χ4n) is 3.76. The molecule has 38 heavy (non-hydrogen) atoms. The molecule has 0 aliphatic heterocycles. The van der Waals surface area contributed by atoms with Crippen molar-refractivity contribution in [2.75, 3.05) is 33.4 Å². The SMILES string of the molecule is COCCCCOc1ccccc1C(=O)NCC(CC(N)C(O)CNS(=O)(=O)c1ccccc1)C(C)C.Cl. The third-order valence-corrected chi connectivity index (χ3v) is 7.64. The summed E-state index contributed by atoms with van der Waals surface area (Å²) in [5.41, 5.74) is 6.68. The zero-order valence-electron chi connectivity index (χ0n) is 22.3. The van der Waals surface area contributed by atoms with E-state index in [0.717, 1.165) is 12.8 Å². The molecule has 3 atom stereocenters. The zero-order chi connectivity index (χ0) is 27.3. The fourth-order valence-corrected chi connectivity index (χ4v) is 4.83. The number of para-hydroxylation sites is 1. The Labute approximate surface area is 232 Å². The Bertz CT molecular complexity index is 1060. The Morgan fingerprint density at radius 2 is 1.63 bits per heavy atom. The lowest BCUT2D eigenvalue weighted by Crippen LogP contribution is -2.46. The van der Waals surface area contributed by atoms with Gasteiger partial charge in [0, 0.05) is 32.8 Å². The van der Waals surface area contributed by atoms with Gasteiger partial charge in [0.2, 0.25) is 10.0 Å². The van der Waals surface area contributed by atoms with Crippen molar-refractivity contribution >= 4 is 28.3 Å². The Balaban J connectivity index is 0.00000722. The molecular formula is C27H42ClN3O6S. The van der Waals surface area contributed by atoms with E-state index in [1.54, 1.807) is 43.5 Å². The molecule has 0 bridgehead atoms. The molecule has 2 rings (SSSR count). The van der Waals surface area contributed by atoms with Gasteiger partial charge in [0.15, 0.2) is 0 Å². The van der Waals surface area contributed by atoms with Crippen LogP contribution in [0.3, 0.4) is 0 Å². The number of hydrogen-bond acceptors (Lipinski definition) is 7. The number of benzene rings is 2. The largest absolute Gasteiger partial charge is 0.493 e. The van der Waals surface area contributed by atoms with Gasteiger partial charge in [-0.1, -0.05) is 44.2 Å². The molecule has 1 amide bonds. The molecule has 214 valence electrons. The van der Waals surface area contributed by atoms with E-state index < -0.39 is 22.2 Å². The first-order chi connectivity index (χ1) is 17.7. The van der Waals surface area contributed by atoms with E-state index in [9.17, 15) is 18.3 Å². The van der Waals surface area contributed by atoms with Gasteiger partial charge in [0.25, 0.3) is 5.91 Å². The van der Waals surface area contributed by atoms with Crippen LogP contribution in [0.1, 0.15) is 43.5 Å². The molecule has 0 spiro atoms. The van der Waals surface area contributed by atoms with Crippen molar-refractivity contribution in [2.24, 2.45) is 17.6 Å². The van der Waals surface area contributed by atoms with Crippen LogP contribution in [0.4, 0.5) is 0 Å². The highest BCUT2D eigenvalue weighted by Crippen LogP contribution is 2.21. The Kier molecular flexibility index (Phi) is 15.5. The van der Waals surface area contributed by atoms with Crippen molar-refractivity contribution in [1.82, 2.24) is 10.0 Å². The lowest BCUT2D eigenvalue weighted by Gasteiger charge is -2.27. The van der Waals surface area contributed by atoms with Crippen LogP contribution < -0.4 is 20.5 Å². The molecule has 0 saturated carbocycles. The number of aliphatic hydroxyl groups is 1. The number of rotatable bonds is 17. The second-order valence-corrected chi connectivity index (χ2v) is 11.2. The highest BCUT2D eigenvalue weighted by atomic mass is 35.5. The number of halogens is 1. The lowest BCUT2D eigenvalue weighted by atomic mass is 9.87. The summed E-state index contributed by atoms with van der Waals surface area (Å²) in [7, 11) is -2.08. The van der Waals surface area contributed by atoms with E-state index >= 15 is 0 Å². The highest BCUT2D eigenvalue weighted by molar-refractivity contribution is 7.89. The van der Waals surface area contributed by atoms with E-state index in [4.69, 9.17) is 15.2 Å². The quantitative estimate of drug-likeness (QED) is 0.214. The molecule has 0 aromatic heterocycles. The van der Waals surface area contributed by atoms with Crippen molar-refractivity contribution < 1.29 is 27.8 Å². The van der Waals surface area contributed by atoms with Gasteiger partial charge in [0.1, 0.15) is 5.75 Å². The summed E-state index contributed by atoms with van der Waals surface area (Å²) in [6, 6.07) is 14.4. The second-order valence-electron chi connectivity index (χ2n) is 9.39. The maximum absolute atomic E-state index is 12.9. The molecule has 0 saturated heterocycles. The molecular weight excluding hydrogens is 530 g/mol. The Hall–Kier alpha value is -2.21. The van der Waals surface area contributed by atoms with Gasteiger partial charge in [-0.3, -0.25) is 4.79 Å². The number of methoxy groups -OCH3 is 1. The predicted octanol–water partition coefficient (Wildman–Crippen LogP) is 2.97. The van der Waals surface area contributed by atoms with Crippen LogP contribution in [0.25, 0.3) is 0 Å². The average Bonchev–Trinajstić information content (AvgIpc) is 2.89. The van der Waals surface area contributed by atoms with Crippen LogP contribution in [-0.4, -0.2) is 65.0 Å². The summed E-state index contributed by atoms with van der Waals surface area (Å²) in [6.07, 6.45) is 1.02. The van der Waals surface area contributed by atoms with Crippen molar-refractivity contribution in [3.05, 3.63) is 60.2 Å². The van der Waals surface area contributed by atoms with Gasteiger partial charge in [0.05, 0.1) is 23.2 Å². The third kappa shape index (κ3) is 11.3. The van der Waals surface area contributed by atoms with Gasteiger partial charge >= 0.3 is 0 Å². The predicted molar refractivity (Wildman–Crippen MR) is 151 cm³/mol. The molecule has 0 radical (unpaired) electrons. The molecule has 0 fully saturated rings. The van der Waals surface area contributed by atoms with E-state index in [1.165, 1.54) is 12.1 Å². The number of amides is 1. The number of carbonyl (C=O) groups is 1. The molecule has 0 aliphatic carbocycles. The summed E-state index contributed by atoms with van der Waals surface area (Å²) >= 11 is 0. The maximum Gasteiger partial charge on any atom is 0.255 e. The standard InChI is InChI=1S/C27H41N3O6S.ClH/c1-20(2)21(17-24(28)25(31)19-30-37(33,34)22-11-5-4-6-12-22)18-29-27(32)23-13-7-8-14-26(23)36-16-10-9-15-35-3;/h4-8,11-14,20-21,24-25,30-31H,9-10,15-19,28H2,1-3H3,(H,29,32);1H. The van der Waals surface area contributed by atoms with Crippen molar-refractivity contribution in [3.8, 4) is 5.75 Å². The minimum absolute atomic E-state index is 0. The summed E-state index contributed by atoms with van der Waals surface area (Å²) < 4.78 is 38.1. The van der Waals surface area contributed by atoms with E-state index in [-0.39, 0.29) is 41.6 Å². The van der Waals surface area contributed by atoms with Crippen LogP contribution in [-0.2, 0) is 14.8 Å². The van der Waals surface area contributed by atoms with Crippen molar-refractivity contribution in [3.63, 3.8) is 0 Å². The van der Waals surface area contributed by atoms with Crippen LogP contribution >= 0.6 is 12.4 Å². The van der Waals surface area contributed by atoms with Crippen LogP contribution in [0.2, 0.25) is 0 Å². The Morgan fingerprint density at radius 1 is 1.00 bits per heavy atom. The number of nitrogens with two attached hydrogens (primary N) is 1. The molecule has 0 aliphatic rings. The molecule has 2 aromatic carbocycles. The molecule has 3 unspecified atom stereocenters. The van der Waals surface area contributed by atoms with E-state index in [1.807, 2.05) is 19.9 Å². The zero-order valence-corrected chi connectivity index (χ0v) is 24.0. The number of sulfonamides is 1. The number of aliphatic hydroxyl groups excluding tert-OH is 1. The molecule has 5 N–H and O–H groups in total. The second kappa shape index (κ2) is 17.4. The van der Waals surface area contributed by atoms with Crippen LogP contribution in [0, 0.1) is 11.8 Å². The van der Waals surface area contributed by atoms with E-state index in [2.05, 4.69) is 10.0 Å². The first kappa shape index (κ1) is 33.8. The van der Waals surface area contributed by atoms with E-state index in [0.29, 0.717) is 37.5 Å². The van der Waals surface area contributed by atoms with Crippen LogP contribution in [0.5, 0.6) is 5.75 Å². The third-order valence-electron chi connectivity index (χ3n) is 6.20. The summed E-state index contributed by atoms with van der Waals surface area (Å²) in [5, 5.41) is 13.5. The monoisotopic (exact) mass is 571 g/mol. The maximum atomic E-state index is 12.9. The molecule has 11 heteroatoms. The van der Waals surface area contributed by atoms with Crippen molar-refractivity contribution in [1.29, 1.82) is 0 Å². The topological polar surface area (TPSA) is 140 Å². The fraction of sp³-hybridized carbons (Fsp3) is 0.519. The van der Waals surface area contributed by atoms with Gasteiger partial charge < -0.3 is 25.6 Å². The molecule has 9 nitrogen and oxygen atoms in total. The van der Waals surface area contributed by atoms with Gasteiger partial charge in [-0.15, -0.1) is 12.4 Å². The van der Waals surface area contributed by atoms with Crippen LogP contribution in [0.15, 0.2) is 59.5 Å².